The predicted molar refractivity (Wildman–Crippen MR) is 66.3 cm³/mol. The average Bonchev–Trinajstić information content (AvgIpc) is 2.67. The van der Waals surface area contributed by atoms with E-state index in [-0.39, 0.29) is 12.5 Å². The van der Waals surface area contributed by atoms with Gasteiger partial charge in [0.2, 0.25) is 5.91 Å². The van der Waals surface area contributed by atoms with E-state index in [0.29, 0.717) is 0 Å². The number of allylic oxidation sites excluding steroid dienone is 1. The van der Waals surface area contributed by atoms with Crippen LogP contribution in [0.25, 0.3) is 0 Å². The van der Waals surface area contributed by atoms with Gasteiger partial charge in [-0.2, -0.15) is 11.3 Å². The van der Waals surface area contributed by atoms with E-state index >= 15 is 0 Å². The normalized spacial score (nSPS) is 14.0. The number of carbonyl (C=O) groups excluding carboxylic acids is 1. The first-order valence-electron chi connectivity index (χ1n) is 5.09. The van der Waals surface area contributed by atoms with Gasteiger partial charge in [0.1, 0.15) is 5.60 Å². The van der Waals surface area contributed by atoms with E-state index in [1.807, 2.05) is 30.7 Å². The zero-order valence-electron chi connectivity index (χ0n) is 9.78. The molecule has 2 N–H and O–H groups in total. The van der Waals surface area contributed by atoms with Gasteiger partial charge in [0.25, 0.3) is 0 Å². The minimum Gasteiger partial charge on any atom is -0.384 e. The van der Waals surface area contributed by atoms with Crippen molar-refractivity contribution in [1.82, 2.24) is 5.32 Å². The Morgan fingerprint density at radius 1 is 1.62 bits per heavy atom. The lowest BCUT2D eigenvalue weighted by Gasteiger charge is -2.22. The summed E-state index contributed by atoms with van der Waals surface area (Å²) >= 11 is 1.53. The highest BCUT2D eigenvalue weighted by atomic mass is 32.1. The summed E-state index contributed by atoms with van der Waals surface area (Å²) in [6.07, 6.45) is 1.52. The van der Waals surface area contributed by atoms with Gasteiger partial charge in [-0.25, -0.2) is 0 Å². The van der Waals surface area contributed by atoms with Crippen LogP contribution in [-0.2, 0) is 10.4 Å². The summed E-state index contributed by atoms with van der Waals surface area (Å²) in [5.74, 6) is -0.171. The number of rotatable bonds is 4. The van der Waals surface area contributed by atoms with Gasteiger partial charge < -0.3 is 10.4 Å². The van der Waals surface area contributed by atoms with Crippen molar-refractivity contribution in [1.29, 1.82) is 0 Å². The lowest BCUT2D eigenvalue weighted by atomic mass is 9.99. The van der Waals surface area contributed by atoms with Crippen LogP contribution >= 0.6 is 11.3 Å². The largest absolute Gasteiger partial charge is 0.384 e. The molecule has 16 heavy (non-hydrogen) atoms. The fourth-order valence-electron chi connectivity index (χ4n) is 1.25. The number of hydrogen-bond acceptors (Lipinski definition) is 3. The Morgan fingerprint density at radius 2 is 2.31 bits per heavy atom. The highest BCUT2D eigenvalue weighted by Crippen LogP contribution is 2.21. The summed E-state index contributed by atoms with van der Waals surface area (Å²) in [5, 5.41) is 16.6. The molecule has 0 aliphatic heterocycles. The molecular weight excluding hydrogens is 222 g/mol. The molecule has 0 aliphatic rings. The minimum absolute atomic E-state index is 0.171. The van der Waals surface area contributed by atoms with Gasteiger partial charge in [-0.05, 0) is 43.2 Å². The van der Waals surface area contributed by atoms with E-state index in [9.17, 15) is 9.90 Å². The maximum absolute atomic E-state index is 11.4. The maximum Gasteiger partial charge on any atom is 0.244 e. The summed E-state index contributed by atoms with van der Waals surface area (Å²) in [6.45, 7) is 5.62. The van der Waals surface area contributed by atoms with Crippen LogP contribution < -0.4 is 5.32 Å². The Kier molecular flexibility index (Phi) is 4.26. The zero-order valence-corrected chi connectivity index (χ0v) is 10.6. The lowest BCUT2D eigenvalue weighted by Crippen LogP contribution is -2.37. The number of aliphatic hydroxyl groups is 1. The fourth-order valence-corrected chi connectivity index (χ4v) is 2.03. The van der Waals surface area contributed by atoms with Crippen molar-refractivity contribution in [3.63, 3.8) is 0 Å². The molecular formula is C12H17NO2S. The first-order valence-corrected chi connectivity index (χ1v) is 6.04. The highest BCUT2D eigenvalue weighted by molar-refractivity contribution is 7.08. The van der Waals surface area contributed by atoms with Gasteiger partial charge in [-0.1, -0.05) is 5.57 Å². The average molecular weight is 239 g/mol. The van der Waals surface area contributed by atoms with Crippen molar-refractivity contribution in [2.24, 2.45) is 0 Å². The van der Waals surface area contributed by atoms with Crippen molar-refractivity contribution < 1.29 is 9.90 Å². The van der Waals surface area contributed by atoms with Crippen LogP contribution in [-0.4, -0.2) is 17.6 Å². The fraction of sp³-hybridized carbons (Fsp3) is 0.417. The molecule has 4 heteroatoms. The number of hydrogen-bond donors (Lipinski definition) is 2. The molecule has 0 spiro atoms. The molecule has 1 atom stereocenters. The van der Waals surface area contributed by atoms with Crippen LogP contribution in [0.2, 0.25) is 0 Å². The Balaban J connectivity index is 2.55. The van der Waals surface area contributed by atoms with E-state index in [2.05, 4.69) is 5.32 Å². The van der Waals surface area contributed by atoms with Crippen LogP contribution in [0, 0.1) is 0 Å². The summed E-state index contributed by atoms with van der Waals surface area (Å²) in [5.41, 5.74) is 0.758. The number of nitrogens with one attached hydrogen (secondary N) is 1. The first-order chi connectivity index (χ1) is 7.42. The van der Waals surface area contributed by atoms with Crippen molar-refractivity contribution >= 4 is 17.2 Å². The molecule has 0 aromatic carbocycles. The topological polar surface area (TPSA) is 49.3 Å². The summed E-state index contributed by atoms with van der Waals surface area (Å²) in [7, 11) is 0. The number of thiophene rings is 1. The van der Waals surface area contributed by atoms with Crippen LogP contribution in [0.4, 0.5) is 0 Å². The molecule has 0 saturated heterocycles. The van der Waals surface area contributed by atoms with E-state index in [4.69, 9.17) is 0 Å². The Labute approximate surface area is 99.8 Å². The molecule has 88 valence electrons. The van der Waals surface area contributed by atoms with Gasteiger partial charge in [0.05, 0.1) is 6.54 Å². The lowest BCUT2D eigenvalue weighted by molar-refractivity contribution is -0.117. The van der Waals surface area contributed by atoms with Crippen molar-refractivity contribution in [2.45, 2.75) is 26.4 Å². The summed E-state index contributed by atoms with van der Waals surface area (Å²) < 4.78 is 0. The molecule has 1 aromatic rings. The van der Waals surface area contributed by atoms with Crippen molar-refractivity contribution in [3.8, 4) is 0 Å². The molecule has 1 amide bonds. The highest BCUT2D eigenvalue weighted by Gasteiger charge is 2.23. The molecule has 3 nitrogen and oxygen atoms in total. The third-order valence-electron chi connectivity index (χ3n) is 2.17. The third kappa shape index (κ3) is 3.79. The molecule has 1 aromatic heterocycles. The van der Waals surface area contributed by atoms with E-state index in [1.54, 1.807) is 6.92 Å². The van der Waals surface area contributed by atoms with Gasteiger partial charge in [0, 0.05) is 6.08 Å². The number of amides is 1. The van der Waals surface area contributed by atoms with Crippen LogP contribution in [0.3, 0.4) is 0 Å². The summed E-state index contributed by atoms with van der Waals surface area (Å²) in [6, 6.07) is 1.86. The van der Waals surface area contributed by atoms with Gasteiger partial charge >= 0.3 is 0 Å². The molecule has 0 aliphatic carbocycles. The molecule has 0 fully saturated rings. The standard InChI is InChI=1S/C12H17NO2S/c1-9(2)6-11(14)13-8-12(3,15)10-4-5-16-7-10/h4-7,15H,8H2,1-3H3,(H,13,14)/t12-/m0/s1. The van der Waals surface area contributed by atoms with Crippen molar-refractivity contribution in [2.75, 3.05) is 6.54 Å². The van der Waals surface area contributed by atoms with Crippen LogP contribution in [0.1, 0.15) is 26.3 Å². The van der Waals surface area contributed by atoms with Gasteiger partial charge in [-0.3, -0.25) is 4.79 Å². The second-order valence-electron chi connectivity index (χ2n) is 4.23. The quantitative estimate of drug-likeness (QED) is 0.790. The molecule has 1 rings (SSSR count). The summed E-state index contributed by atoms with van der Waals surface area (Å²) in [4.78, 5) is 11.4. The molecule has 0 unspecified atom stereocenters. The monoisotopic (exact) mass is 239 g/mol. The second kappa shape index (κ2) is 5.27. The maximum atomic E-state index is 11.4. The Bertz CT molecular complexity index is 376. The first kappa shape index (κ1) is 12.9. The van der Waals surface area contributed by atoms with Gasteiger partial charge in [-0.15, -0.1) is 0 Å². The van der Waals surface area contributed by atoms with Gasteiger partial charge in [0.15, 0.2) is 0 Å². The van der Waals surface area contributed by atoms with Crippen molar-refractivity contribution in [3.05, 3.63) is 34.0 Å². The van der Waals surface area contributed by atoms with Crippen LogP contribution in [0.15, 0.2) is 28.5 Å². The number of carbonyl (C=O) groups is 1. The molecule has 0 saturated carbocycles. The minimum atomic E-state index is -1.01. The van der Waals surface area contributed by atoms with E-state index < -0.39 is 5.60 Å². The molecule has 0 radical (unpaired) electrons. The predicted octanol–water partition coefficient (Wildman–Crippen LogP) is 2.04. The van der Waals surface area contributed by atoms with E-state index in [0.717, 1.165) is 11.1 Å². The van der Waals surface area contributed by atoms with Crippen LogP contribution in [0.5, 0.6) is 0 Å². The Morgan fingerprint density at radius 3 is 2.81 bits per heavy atom. The SMILES string of the molecule is CC(C)=CC(=O)NC[C@](C)(O)c1ccsc1. The second-order valence-corrected chi connectivity index (χ2v) is 5.01. The Hall–Kier alpha value is -1.13. The molecule has 0 bridgehead atoms. The third-order valence-corrected chi connectivity index (χ3v) is 2.85. The molecule has 1 heterocycles. The smallest absolute Gasteiger partial charge is 0.244 e. The zero-order chi connectivity index (χ0) is 12.2. The van der Waals surface area contributed by atoms with E-state index in [1.165, 1.54) is 17.4 Å².